The normalized spacial score (nSPS) is 18.0. The van der Waals surface area contributed by atoms with Crippen LogP contribution in [0.3, 0.4) is 0 Å². The van der Waals surface area contributed by atoms with E-state index in [1.807, 2.05) is 81.4 Å². The van der Waals surface area contributed by atoms with E-state index in [1.54, 1.807) is 43.1 Å². The second-order valence-corrected chi connectivity index (χ2v) is 12.7. The van der Waals surface area contributed by atoms with Crippen LogP contribution in [0.25, 0.3) is 0 Å². The number of carbonyl (C=O) groups is 2. The summed E-state index contributed by atoms with van der Waals surface area (Å²) >= 11 is 0. The van der Waals surface area contributed by atoms with Gasteiger partial charge in [-0.1, -0.05) is 42.5 Å². The molecule has 1 saturated heterocycles. The summed E-state index contributed by atoms with van der Waals surface area (Å²) in [5, 5.41) is 21.5. The van der Waals surface area contributed by atoms with Crippen LogP contribution in [-0.4, -0.2) is 61.7 Å². The van der Waals surface area contributed by atoms with Gasteiger partial charge in [0.15, 0.2) is 0 Å². The van der Waals surface area contributed by atoms with Crippen LogP contribution in [0.4, 0.5) is 4.79 Å². The number of ether oxygens (including phenoxy) is 1. The topological polar surface area (TPSA) is 103 Å². The molecule has 1 aromatic heterocycles. The molecule has 8 nitrogen and oxygen atoms in total. The van der Waals surface area contributed by atoms with Gasteiger partial charge >= 0.3 is 6.09 Å². The first-order valence-electron chi connectivity index (χ1n) is 14.5. The maximum Gasteiger partial charge on any atom is 0.410 e. The molecule has 224 valence electrons. The van der Waals surface area contributed by atoms with Crippen molar-refractivity contribution in [3.63, 3.8) is 0 Å². The first-order chi connectivity index (χ1) is 19.7. The number of pyridine rings is 1. The molecule has 0 unspecified atom stereocenters. The summed E-state index contributed by atoms with van der Waals surface area (Å²) in [7, 11) is 1.74. The molecule has 3 atom stereocenters. The third kappa shape index (κ3) is 7.75. The van der Waals surface area contributed by atoms with Crippen LogP contribution in [-0.2, 0) is 23.3 Å². The van der Waals surface area contributed by atoms with E-state index < -0.39 is 29.4 Å². The van der Waals surface area contributed by atoms with Crippen LogP contribution in [0.15, 0.2) is 73.1 Å². The Morgan fingerprint density at radius 3 is 2.29 bits per heavy atom. The number of hydrogen-bond donors (Lipinski definition) is 2. The van der Waals surface area contributed by atoms with E-state index >= 15 is 0 Å². The van der Waals surface area contributed by atoms with Crippen molar-refractivity contribution in [2.75, 3.05) is 7.05 Å². The lowest BCUT2D eigenvalue weighted by Crippen LogP contribution is -2.47. The summed E-state index contributed by atoms with van der Waals surface area (Å²) in [6, 6.07) is 18.2. The number of nitrogens with zero attached hydrogens (tertiary/aromatic N) is 3. The van der Waals surface area contributed by atoms with Crippen LogP contribution in [0.2, 0.25) is 0 Å². The van der Waals surface area contributed by atoms with E-state index in [0.717, 1.165) is 23.1 Å². The maximum atomic E-state index is 13.4. The summed E-state index contributed by atoms with van der Waals surface area (Å²) in [4.78, 5) is 34.1. The van der Waals surface area contributed by atoms with Crippen LogP contribution in [0, 0.1) is 0 Å². The zero-order valence-corrected chi connectivity index (χ0v) is 25.4. The van der Waals surface area contributed by atoms with Gasteiger partial charge in [0.1, 0.15) is 5.60 Å². The fourth-order valence-electron chi connectivity index (χ4n) is 5.42. The monoisotopic (exact) mass is 573 g/mol. The highest BCUT2D eigenvalue weighted by atomic mass is 16.6. The average Bonchev–Trinajstić information content (AvgIpc) is 3.35. The standard InChI is InChI=1S/C34H43N3O5/c1-33(2,3)42-32(40)37-28(16-17-29(37)30(38)25-10-8-7-9-11-25)19-23-12-14-26(15-13-23)31(39)36(6)22-24-18-27(21-35-20-24)34(4,5)41/h7-15,18,20-21,28-30,38,41H,16-17,19,22H2,1-6H3/t28-,29+,30+/m0/s1. The molecule has 0 saturated carbocycles. The fourth-order valence-corrected chi connectivity index (χ4v) is 5.42. The van der Waals surface area contributed by atoms with Gasteiger partial charge in [0.05, 0.1) is 17.7 Å². The number of benzene rings is 2. The molecule has 2 heterocycles. The Kier molecular flexibility index (Phi) is 9.38. The second kappa shape index (κ2) is 12.6. The molecule has 2 amide bonds. The summed E-state index contributed by atoms with van der Waals surface area (Å²) < 4.78 is 5.76. The summed E-state index contributed by atoms with van der Waals surface area (Å²) in [5.41, 5.74) is 2.16. The molecule has 2 N–H and O–H groups in total. The number of hydrogen-bond acceptors (Lipinski definition) is 6. The Labute approximate surface area is 249 Å². The summed E-state index contributed by atoms with van der Waals surface area (Å²) in [5.74, 6) is -0.127. The van der Waals surface area contributed by atoms with Gasteiger partial charge in [-0.25, -0.2) is 4.79 Å². The van der Waals surface area contributed by atoms with Crippen molar-refractivity contribution in [3.8, 4) is 0 Å². The molecule has 1 fully saturated rings. The molecule has 4 rings (SSSR count). The largest absolute Gasteiger partial charge is 0.444 e. The zero-order chi connectivity index (χ0) is 30.7. The molecule has 1 aliphatic rings. The van der Waals surface area contributed by atoms with Crippen molar-refractivity contribution >= 4 is 12.0 Å². The van der Waals surface area contributed by atoms with E-state index in [4.69, 9.17) is 4.74 Å². The quantitative estimate of drug-likeness (QED) is 0.362. The number of aromatic nitrogens is 1. The third-order valence-corrected chi connectivity index (χ3v) is 7.60. The predicted molar refractivity (Wildman–Crippen MR) is 162 cm³/mol. The van der Waals surface area contributed by atoms with Crippen LogP contribution < -0.4 is 0 Å². The highest BCUT2D eigenvalue weighted by Crippen LogP contribution is 2.36. The van der Waals surface area contributed by atoms with Crippen molar-refractivity contribution in [1.82, 2.24) is 14.8 Å². The van der Waals surface area contributed by atoms with E-state index in [1.165, 1.54) is 0 Å². The number of likely N-dealkylation sites (tertiary alicyclic amines) is 1. The van der Waals surface area contributed by atoms with E-state index in [2.05, 4.69) is 4.98 Å². The Balaban J connectivity index is 1.46. The van der Waals surface area contributed by atoms with E-state index in [9.17, 15) is 19.8 Å². The molecule has 0 aliphatic carbocycles. The Bertz CT molecular complexity index is 1360. The van der Waals surface area contributed by atoms with Crippen LogP contribution in [0.1, 0.15) is 86.2 Å². The van der Waals surface area contributed by atoms with E-state index in [0.29, 0.717) is 30.5 Å². The molecular weight excluding hydrogens is 530 g/mol. The minimum Gasteiger partial charge on any atom is -0.444 e. The lowest BCUT2D eigenvalue weighted by molar-refractivity contribution is -0.00453. The number of aliphatic hydroxyl groups excluding tert-OH is 1. The van der Waals surface area contributed by atoms with Gasteiger partial charge in [-0.2, -0.15) is 0 Å². The Hall–Kier alpha value is -3.75. The van der Waals surface area contributed by atoms with Gasteiger partial charge in [-0.05, 0) is 88.8 Å². The van der Waals surface area contributed by atoms with Crippen molar-refractivity contribution in [3.05, 3.63) is 101 Å². The predicted octanol–water partition coefficient (Wildman–Crippen LogP) is 5.63. The number of aliphatic hydroxyl groups is 2. The summed E-state index contributed by atoms with van der Waals surface area (Å²) in [6.07, 6.45) is 4.04. The number of carbonyl (C=O) groups excluding carboxylic acids is 2. The first-order valence-corrected chi connectivity index (χ1v) is 14.5. The van der Waals surface area contributed by atoms with Crippen molar-refractivity contribution < 1.29 is 24.5 Å². The van der Waals surface area contributed by atoms with Gasteiger partial charge in [-0.3, -0.25) is 14.7 Å². The number of amides is 2. The Morgan fingerprint density at radius 2 is 1.67 bits per heavy atom. The lowest BCUT2D eigenvalue weighted by atomic mass is 9.99. The smallest absolute Gasteiger partial charge is 0.410 e. The lowest BCUT2D eigenvalue weighted by Gasteiger charge is -2.35. The molecule has 1 aliphatic heterocycles. The van der Waals surface area contributed by atoms with Gasteiger partial charge in [0.25, 0.3) is 5.91 Å². The van der Waals surface area contributed by atoms with E-state index in [-0.39, 0.29) is 11.9 Å². The SMILES string of the molecule is CN(Cc1cncc(C(C)(C)O)c1)C(=O)c1ccc(C[C@@H]2CC[C@H]([C@H](O)c3ccccc3)N2C(=O)OC(C)(C)C)cc1. The minimum atomic E-state index is -1.01. The highest BCUT2D eigenvalue weighted by molar-refractivity contribution is 5.94. The molecule has 42 heavy (non-hydrogen) atoms. The molecule has 0 spiro atoms. The average molecular weight is 574 g/mol. The number of rotatable bonds is 8. The Morgan fingerprint density at radius 1 is 1.00 bits per heavy atom. The van der Waals surface area contributed by atoms with Gasteiger partial charge in [-0.15, -0.1) is 0 Å². The molecule has 0 bridgehead atoms. The molecular formula is C34H43N3O5. The van der Waals surface area contributed by atoms with Gasteiger partial charge in [0, 0.05) is 43.2 Å². The van der Waals surface area contributed by atoms with Gasteiger partial charge < -0.3 is 19.8 Å². The molecule has 3 aromatic rings. The van der Waals surface area contributed by atoms with Crippen molar-refractivity contribution in [1.29, 1.82) is 0 Å². The third-order valence-electron chi connectivity index (χ3n) is 7.60. The molecule has 2 aromatic carbocycles. The van der Waals surface area contributed by atoms with Crippen LogP contribution in [0.5, 0.6) is 0 Å². The summed E-state index contributed by atoms with van der Waals surface area (Å²) in [6.45, 7) is 9.28. The molecule has 8 heteroatoms. The zero-order valence-electron chi connectivity index (χ0n) is 25.4. The van der Waals surface area contributed by atoms with Crippen molar-refractivity contribution in [2.45, 2.75) is 89.8 Å². The first kappa shape index (κ1) is 31.2. The maximum absolute atomic E-state index is 13.4. The van der Waals surface area contributed by atoms with Crippen LogP contribution >= 0.6 is 0 Å². The van der Waals surface area contributed by atoms with Gasteiger partial charge in [0.2, 0.25) is 0 Å². The minimum absolute atomic E-state index is 0.127. The van der Waals surface area contributed by atoms with Crippen molar-refractivity contribution in [2.24, 2.45) is 0 Å². The fraction of sp³-hybridized carbons (Fsp3) is 0.441. The molecule has 0 radical (unpaired) electrons. The highest BCUT2D eigenvalue weighted by Gasteiger charge is 2.42. The second-order valence-electron chi connectivity index (χ2n) is 12.7.